The van der Waals surface area contributed by atoms with Gasteiger partial charge in [0.1, 0.15) is 0 Å². The van der Waals surface area contributed by atoms with Gasteiger partial charge in [-0.25, -0.2) is 4.68 Å². The zero-order chi connectivity index (χ0) is 21.3. The van der Waals surface area contributed by atoms with Crippen LogP contribution in [0.15, 0.2) is 30.5 Å². The molecule has 30 heavy (non-hydrogen) atoms. The van der Waals surface area contributed by atoms with Crippen LogP contribution in [-0.2, 0) is 22.6 Å². The molecule has 1 N–H and O–H groups in total. The van der Waals surface area contributed by atoms with Crippen molar-refractivity contribution >= 4 is 11.8 Å². The highest BCUT2D eigenvalue weighted by atomic mass is 16.7. The summed E-state index contributed by atoms with van der Waals surface area (Å²) in [6, 6.07) is 7.35. The van der Waals surface area contributed by atoms with Crippen molar-refractivity contribution in [2.75, 3.05) is 26.3 Å². The number of amides is 2. The summed E-state index contributed by atoms with van der Waals surface area (Å²) in [4.78, 5) is 26.8. The van der Waals surface area contributed by atoms with E-state index in [0.717, 1.165) is 31.5 Å². The lowest BCUT2D eigenvalue weighted by Gasteiger charge is -2.16. The zero-order valence-corrected chi connectivity index (χ0v) is 17.5. The maximum absolute atomic E-state index is 12.5. The number of nitrogens with one attached hydrogen (secondary N) is 1. The summed E-state index contributed by atoms with van der Waals surface area (Å²) >= 11 is 0. The Hall–Kier alpha value is -2.78. The van der Waals surface area contributed by atoms with Crippen LogP contribution in [0.5, 0.6) is 0 Å². The van der Waals surface area contributed by atoms with Crippen molar-refractivity contribution in [3.8, 4) is 0 Å². The van der Waals surface area contributed by atoms with Crippen molar-refractivity contribution in [2.45, 2.75) is 46.1 Å². The average molecular weight is 415 g/mol. The first-order chi connectivity index (χ1) is 14.6. The minimum atomic E-state index is -0.437. The van der Waals surface area contributed by atoms with E-state index in [1.54, 1.807) is 6.20 Å². The van der Waals surface area contributed by atoms with Gasteiger partial charge in [0.2, 0.25) is 0 Å². The minimum absolute atomic E-state index is 0.0433. The van der Waals surface area contributed by atoms with Crippen LogP contribution in [0, 0.1) is 0 Å². The van der Waals surface area contributed by atoms with Gasteiger partial charge >= 0.3 is 0 Å². The molecular formula is C21H29N5O4. The fourth-order valence-corrected chi connectivity index (χ4v) is 3.36. The Balaban J connectivity index is 1.55. The van der Waals surface area contributed by atoms with E-state index in [1.807, 2.05) is 43.0 Å². The van der Waals surface area contributed by atoms with E-state index in [1.165, 1.54) is 4.68 Å². The van der Waals surface area contributed by atoms with E-state index in [-0.39, 0.29) is 17.5 Å². The molecule has 2 amide bonds. The van der Waals surface area contributed by atoms with Gasteiger partial charge in [0, 0.05) is 38.4 Å². The van der Waals surface area contributed by atoms with Gasteiger partial charge in [-0.1, -0.05) is 17.3 Å². The summed E-state index contributed by atoms with van der Waals surface area (Å²) in [7, 11) is 0. The van der Waals surface area contributed by atoms with Gasteiger partial charge in [-0.3, -0.25) is 9.59 Å². The molecule has 1 aromatic heterocycles. The first-order valence-electron chi connectivity index (χ1n) is 10.4. The van der Waals surface area contributed by atoms with E-state index in [4.69, 9.17) is 9.47 Å². The largest absolute Gasteiger partial charge is 0.351 e. The molecule has 9 nitrogen and oxygen atoms in total. The lowest BCUT2D eigenvalue weighted by Crippen LogP contribution is -2.28. The third-order valence-electron chi connectivity index (χ3n) is 4.83. The normalized spacial score (nSPS) is 13.8. The molecule has 0 unspecified atom stereocenters. The Morgan fingerprint density at radius 1 is 1.17 bits per heavy atom. The fourth-order valence-electron chi connectivity index (χ4n) is 3.36. The molecule has 1 aliphatic heterocycles. The number of nitrogens with zero attached hydrogens (tertiary/aromatic N) is 4. The van der Waals surface area contributed by atoms with E-state index in [0.29, 0.717) is 31.9 Å². The van der Waals surface area contributed by atoms with Crippen LogP contribution in [0.25, 0.3) is 0 Å². The summed E-state index contributed by atoms with van der Waals surface area (Å²) in [5.41, 5.74) is 1.71. The SMILES string of the molecule is CCOC(Cn1cc(C(=O)NCc2cccc(C(=O)N3CCCC3)c2)nn1)OCC. The van der Waals surface area contributed by atoms with Crippen molar-refractivity contribution in [2.24, 2.45) is 0 Å². The quantitative estimate of drug-likeness (QED) is 0.595. The standard InChI is InChI=1S/C21H29N5O4/c1-3-29-19(30-4-2)15-26-14-18(23-24-26)20(27)22-13-16-8-7-9-17(12-16)21(28)25-10-5-6-11-25/h7-9,12,14,19H,3-6,10-11,13,15H2,1-2H3,(H,22,27). The zero-order valence-electron chi connectivity index (χ0n) is 17.5. The van der Waals surface area contributed by atoms with Gasteiger partial charge in [-0.15, -0.1) is 5.10 Å². The molecule has 1 saturated heterocycles. The van der Waals surface area contributed by atoms with Crippen LogP contribution < -0.4 is 5.32 Å². The Bertz CT molecular complexity index is 841. The van der Waals surface area contributed by atoms with E-state index >= 15 is 0 Å². The highest BCUT2D eigenvalue weighted by molar-refractivity contribution is 5.94. The van der Waals surface area contributed by atoms with Gasteiger partial charge in [0.15, 0.2) is 12.0 Å². The van der Waals surface area contributed by atoms with Crippen LogP contribution in [0.3, 0.4) is 0 Å². The number of rotatable bonds is 10. The Kier molecular flexibility index (Phi) is 7.92. The summed E-state index contributed by atoms with van der Waals surface area (Å²) in [5.74, 6) is -0.288. The number of ether oxygens (including phenoxy) is 2. The Morgan fingerprint density at radius 2 is 1.90 bits per heavy atom. The lowest BCUT2D eigenvalue weighted by atomic mass is 10.1. The molecule has 162 valence electrons. The molecule has 9 heteroatoms. The number of aromatic nitrogens is 3. The molecule has 0 atom stereocenters. The van der Waals surface area contributed by atoms with Gasteiger partial charge in [-0.2, -0.15) is 0 Å². The second kappa shape index (κ2) is 10.8. The first kappa shape index (κ1) is 21.9. The van der Waals surface area contributed by atoms with Crippen molar-refractivity contribution in [1.82, 2.24) is 25.2 Å². The number of hydrogen-bond acceptors (Lipinski definition) is 6. The molecule has 0 spiro atoms. The van der Waals surface area contributed by atoms with Crippen molar-refractivity contribution < 1.29 is 19.1 Å². The van der Waals surface area contributed by atoms with Crippen molar-refractivity contribution in [3.63, 3.8) is 0 Å². The third kappa shape index (κ3) is 5.87. The number of carbonyl (C=O) groups excluding carboxylic acids is 2. The molecule has 1 aromatic carbocycles. The number of likely N-dealkylation sites (tertiary alicyclic amines) is 1. The van der Waals surface area contributed by atoms with Gasteiger partial charge in [0.05, 0.1) is 12.7 Å². The predicted octanol–water partition coefficient (Wildman–Crippen LogP) is 1.84. The van der Waals surface area contributed by atoms with E-state index in [2.05, 4.69) is 15.6 Å². The van der Waals surface area contributed by atoms with E-state index in [9.17, 15) is 9.59 Å². The van der Waals surface area contributed by atoms with Gasteiger partial charge in [0.25, 0.3) is 11.8 Å². The van der Waals surface area contributed by atoms with Crippen molar-refractivity contribution in [1.29, 1.82) is 0 Å². The fraction of sp³-hybridized carbons (Fsp3) is 0.524. The number of carbonyl (C=O) groups is 2. The third-order valence-corrected chi connectivity index (χ3v) is 4.83. The molecule has 2 aromatic rings. The predicted molar refractivity (Wildman–Crippen MR) is 110 cm³/mol. The van der Waals surface area contributed by atoms with Crippen LogP contribution in [0.4, 0.5) is 0 Å². The summed E-state index contributed by atoms with van der Waals surface area (Å²) < 4.78 is 12.5. The molecule has 3 rings (SSSR count). The molecule has 0 radical (unpaired) electrons. The smallest absolute Gasteiger partial charge is 0.273 e. The molecule has 1 aliphatic rings. The number of benzene rings is 1. The second-order valence-electron chi connectivity index (χ2n) is 7.05. The molecule has 1 fully saturated rings. The highest BCUT2D eigenvalue weighted by Crippen LogP contribution is 2.14. The van der Waals surface area contributed by atoms with Gasteiger partial charge in [-0.05, 0) is 44.4 Å². The monoisotopic (exact) mass is 415 g/mol. The molecule has 0 aliphatic carbocycles. The summed E-state index contributed by atoms with van der Waals surface area (Å²) in [5, 5.41) is 10.7. The molecule has 0 bridgehead atoms. The minimum Gasteiger partial charge on any atom is -0.351 e. The number of hydrogen-bond donors (Lipinski definition) is 1. The Labute approximate surface area is 176 Å². The molecule has 2 heterocycles. The summed E-state index contributed by atoms with van der Waals surface area (Å²) in [6.45, 7) is 7.08. The topological polar surface area (TPSA) is 98.6 Å². The van der Waals surface area contributed by atoms with Crippen LogP contribution in [0.2, 0.25) is 0 Å². The van der Waals surface area contributed by atoms with E-state index < -0.39 is 6.29 Å². The summed E-state index contributed by atoms with van der Waals surface area (Å²) in [6.07, 6.45) is 3.23. The van der Waals surface area contributed by atoms with Crippen molar-refractivity contribution in [3.05, 3.63) is 47.3 Å². The first-order valence-corrected chi connectivity index (χ1v) is 10.4. The van der Waals surface area contributed by atoms with Crippen LogP contribution in [-0.4, -0.2) is 64.3 Å². The molecular weight excluding hydrogens is 386 g/mol. The average Bonchev–Trinajstić information content (AvgIpc) is 3.44. The maximum atomic E-state index is 12.5. The van der Waals surface area contributed by atoms with Crippen LogP contribution >= 0.6 is 0 Å². The second-order valence-corrected chi connectivity index (χ2v) is 7.05. The molecule has 0 saturated carbocycles. The Morgan fingerprint density at radius 3 is 2.60 bits per heavy atom. The van der Waals surface area contributed by atoms with Gasteiger partial charge < -0.3 is 19.7 Å². The highest BCUT2D eigenvalue weighted by Gasteiger charge is 2.20. The maximum Gasteiger partial charge on any atom is 0.273 e. The van der Waals surface area contributed by atoms with Crippen LogP contribution in [0.1, 0.15) is 53.1 Å². The lowest BCUT2D eigenvalue weighted by molar-refractivity contribution is -0.145.